The van der Waals surface area contributed by atoms with Gasteiger partial charge in [-0.2, -0.15) is 0 Å². The molecule has 0 radical (unpaired) electrons. The number of nitrogens with one attached hydrogen (secondary N) is 2. The predicted molar refractivity (Wildman–Crippen MR) is 97.8 cm³/mol. The Labute approximate surface area is 147 Å². The Bertz CT molecular complexity index is 912. The lowest BCUT2D eigenvalue weighted by atomic mass is 10.1. The summed E-state index contributed by atoms with van der Waals surface area (Å²) in [5, 5.41) is 19.3. The third kappa shape index (κ3) is 3.29. The topological polar surface area (TPSA) is 85.5 Å². The highest BCUT2D eigenvalue weighted by molar-refractivity contribution is 7.19. The molecule has 1 aliphatic rings. The second kappa shape index (κ2) is 6.82. The molecular formula is C17H12ClN3O2S. The van der Waals surface area contributed by atoms with E-state index in [1.165, 1.54) is 17.6 Å². The molecule has 0 fully saturated rings. The minimum atomic E-state index is -1.20. The molecule has 0 saturated heterocycles. The van der Waals surface area contributed by atoms with Crippen LogP contribution >= 0.6 is 22.9 Å². The zero-order valence-electron chi connectivity index (χ0n) is 12.3. The number of thiophene rings is 1. The first-order valence-electron chi connectivity index (χ1n) is 6.94. The average molecular weight is 358 g/mol. The number of aliphatic imine (C=N–C) groups is 1. The van der Waals surface area contributed by atoms with Gasteiger partial charge in [0, 0.05) is 23.0 Å². The maximum atomic E-state index is 11.2. The van der Waals surface area contributed by atoms with Crippen LogP contribution in [0.25, 0.3) is 16.1 Å². The highest BCUT2D eigenvalue weighted by atomic mass is 35.5. The summed E-state index contributed by atoms with van der Waals surface area (Å²) in [5.41, 5.74) is 2.42. The molecule has 3 rings (SSSR count). The van der Waals surface area contributed by atoms with Crippen molar-refractivity contribution >= 4 is 47.0 Å². The van der Waals surface area contributed by atoms with E-state index in [4.69, 9.17) is 22.1 Å². The molecule has 24 heavy (non-hydrogen) atoms. The molecule has 7 heteroatoms. The summed E-state index contributed by atoms with van der Waals surface area (Å²) >= 11 is 7.48. The van der Waals surface area contributed by atoms with Crippen molar-refractivity contribution in [1.82, 2.24) is 5.32 Å². The highest BCUT2D eigenvalue weighted by Crippen LogP contribution is 2.32. The number of carboxylic acid groups (broad SMARTS) is 1. The van der Waals surface area contributed by atoms with Gasteiger partial charge in [0.15, 0.2) is 0 Å². The van der Waals surface area contributed by atoms with Crippen LogP contribution in [0.5, 0.6) is 0 Å². The average Bonchev–Trinajstić information content (AvgIpc) is 3.02. The van der Waals surface area contributed by atoms with E-state index in [9.17, 15) is 4.79 Å². The SMILES string of the molecule is N=C/C(C(=O)O)=C1/N=CC=C(c2cccc(-c3ccc(Cl)s3)c2)N1. The van der Waals surface area contributed by atoms with Gasteiger partial charge in [0.2, 0.25) is 0 Å². The van der Waals surface area contributed by atoms with Crippen molar-refractivity contribution in [2.24, 2.45) is 4.99 Å². The number of carboxylic acids is 1. The zero-order valence-corrected chi connectivity index (χ0v) is 13.9. The molecule has 0 atom stereocenters. The van der Waals surface area contributed by atoms with Crippen molar-refractivity contribution in [3.63, 3.8) is 0 Å². The normalized spacial score (nSPS) is 15.5. The minimum Gasteiger partial charge on any atom is -0.477 e. The van der Waals surface area contributed by atoms with E-state index in [0.717, 1.165) is 26.6 Å². The van der Waals surface area contributed by atoms with E-state index in [-0.39, 0.29) is 11.4 Å². The summed E-state index contributed by atoms with van der Waals surface area (Å²) in [6, 6.07) is 11.6. The predicted octanol–water partition coefficient (Wildman–Crippen LogP) is 4.03. The van der Waals surface area contributed by atoms with Crippen molar-refractivity contribution in [3.8, 4) is 10.4 Å². The summed E-state index contributed by atoms with van der Waals surface area (Å²) < 4.78 is 0.722. The lowest BCUT2D eigenvalue weighted by molar-refractivity contribution is -0.132. The number of halogens is 1. The van der Waals surface area contributed by atoms with Crippen molar-refractivity contribution < 1.29 is 9.90 Å². The second-order valence-electron chi connectivity index (χ2n) is 4.88. The summed E-state index contributed by atoms with van der Waals surface area (Å²) in [5.74, 6) is -1.06. The van der Waals surface area contributed by atoms with E-state index >= 15 is 0 Å². The lowest BCUT2D eigenvalue weighted by Crippen LogP contribution is -2.19. The summed E-state index contributed by atoms with van der Waals surface area (Å²) in [7, 11) is 0. The Balaban J connectivity index is 1.95. The van der Waals surface area contributed by atoms with Crippen LogP contribution in [0.15, 0.2) is 58.9 Å². The van der Waals surface area contributed by atoms with Crippen LogP contribution in [0.2, 0.25) is 4.34 Å². The first kappa shape index (κ1) is 16.2. The van der Waals surface area contributed by atoms with Crippen LogP contribution in [-0.4, -0.2) is 23.5 Å². The maximum Gasteiger partial charge on any atom is 0.341 e. The summed E-state index contributed by atoms with van der Waals surface area (Å²) in [6.45, 7) is 0. The summed E-state index contributed by atoms with van der Waals surface area (Å²) in [6.07, 6.45) is 4.05. The Hall–Kier alpha value is -2.70. The van der Waals surface area contributed by atoms with Crippen molar-refractivity contribution in [1.29, 1.82) is 5.41 Å². The molecule has 1 aliphatic heterocycles. The van der Waals surface area contributed by atoms with E-state index < -0.39 is 5.97 Å². The molecule has 0 unspecified atom stereocenters. The van der Waals surface area contributed by atoms with Crippen molar-refractivity contribution in [2.75, 3.05) is 0 Å². The van der Waals surface area contributed by atoms with Crippen LogP contribution in [0.1, 0.15) is 5.56 Å². The Morgan fingerprint density at radius 3 is 2.75 bits per heavy atom. The Kier molecular flexibility index (Phi) is 4.59. The smallest absolute Gasteiger partial charge is 0.341 e. The molecule has 1 aromatic carbocycles. The molecule has 1 aromatic heterocycles. The van der Waals surface area contributed by atoms with Gasteiger partial charge >= 0.3 is 5.97 Å². The van der Waals surface area contributed by atoms with Gasteiger partial charge < -0.3 is 15.8 Å². The van der Waals surface area contributed by atoms with Crippen LogP contribution in [0, 0.1) is 5.41 Å². The standard InChI is InChI=1S/C17H12ClN3O2S/c18-15-5-4-14(24-15)11-3-1-2-10(8-11)13-6-7-20-16(21-13)12(9-19)17(22)23/h1-9,19,21H,(H,22,23)/b16-12+,19-9?. The van der Waals surface area contributed by atoms with Gasteiger partial charge in [0.25, 0.3) is 0 Å². The van der Waals surface area contributed by atoms with E-state index in [1.807, 2.05) is 36.4 Å². The molecule has 0 bridgehead atoms. The molecule has 2 heterocycles. The first-order valence-corrected chi connectivity index (χ1v) is 8.13. The van der Waals surface area contributed by atoms with Crippen LogP contribution in [0.3, 0.4) is 0 Å². The second-order valence-corrected chi connectivity index (χ2v) is 6.59. The molecule has 120 valence electrons. The number of nitrogens with zero attached hydrogens (tertiary/aromatic N) is 1. The molecule has 0 spiro atoms. The molecule has 0 aliphatic carbocycles. The molecule has 2 aromatic rings. The number of carbonyl (C=O) groups is 1. The molecule has 0 amide bonds. The summed E-state index contributed by atoms with van der Waals surface area (Å²) in [4.78, 5) is 16.2. The van der Waals surface area contributed by atoms with Gasteiger partial charge in [-0.3, -0.25) is 0 Å². The quantitative estimate of drug-likeness (QED) is 0.570. The first-order chi connectivity index (χ1) is 11.6. The number of benzene rings is 1. The Morgan fingerprint density at radius 2 is 2.08 bits per heavy atom. The molecule has 3 N–H and O–H groups in total. The number of allylic oxidation sites excluding steroid dienone is 1. The zero-order chi connectivity index (χ0) is 17.1. The van der Waals surface area contributed by atoms with E-state index in [0.29, 0.717) is 5.70 Å². The van der Waals surface area contributed by atoms with Crippen molar-refractivity contribution in [2.45, 2.75) is 0 Å². The van der Waals surface area contributed by atoms with E-state index in [2.05, 4.69) is 10.3 Å². The fourth-order valence-electron chi connectivity index (χ4n) is 2.23. The van der Waals surface area contributed by atoms with Gasteiger partial charge in [0.1, 0.15) is 11.4 Å². The number of hydrogen-bond acceptors (Lipinski definition) is 5. The van der Waals surface area contributed by atoms with Gasteiger partial charge in [-0.1, -0.05) is 29.8 Å². The van der Waals surface area contributed by atoms with E-state index in [1.54, 1.807) is 6.08 Å². The Morgan fingerprint density at radius 1 is 1.29 bits per heavy atom. The fraction of sp³-hybridized carbons (Fsp3) is 0. The minimum absolute atomic E-state index is 0.138. The largest absolute Gasteiger partial charge is 0.477 e. The number of aliphatic carboxylic acids is 1. The van der Waals surface area contributed by atoms with Crippen LogP contribution in [0.4, 0.5) is 0 Å². The highest BCUT2D eigenvalue weighted by Gasteiger charge is 2.15. The van der Waals surface area contributed by atoms with Gasteiger partial charge in [-0.05, 0) is 35.4 Å². The fourth-order valence-corrected chi connectivity index (χ4v) is 3.27. The maximum absolute atomic E-state index is 11.2. The van der Waals surface area contributed by atoms with Gasteiger partial charge in [0.05, 0.1) is 4.34 Å². The van der Waals surface area contributed by atoms with Crippen molar-refractivity contribution in [3.05, 3.63) is 63.8 Å². The van der Waals surface area contributed by atoms with Crippen LogP contribution in [-0.2, 0) is 4.79 Å². The van der Waals surface area contributed by atoms with Gasteiger partial charge in [-0.25, -0.2) is 9.79 Å². The number of rotatable bonds is 4. The molecular weight excluding hydrogens is 346 g/mol. The third-order valence-electron chi connectivity index (χ3n) is 3.36. The molecule has 0 saturated carbocycles. The monoisotopic (exact) mass is 357 g/mol. The molecule has 5 nitrogen and oxygen atoms in total. The van der Waals surface area contributed by atoms with Gasteiger partial charge in [-0.15, -0.1) is 11.3 Å². The van der Waals surface area contributed by atoms with Crippen LogP contribution < -0.4 is 5.32 Å². The third-order valence-corrected chi connectivity index (χ3v) is 4.64. The lowest BCUT2D eigenvalue weighted by Gasteiger charge is -2.16. The number of hydrogen-bond donors (Lipinski definition) is 3.